The summed E-state index contributed by atoms with van der Waals surface area (Å²) in [4.78, 5) is 8.54. The highest BCUT2D eigenvalue weighted by atomic mass is 32.2. The van der Waals surface area contributed by atoms with Crippen LogP contribution in [0.2, 0.25) is 0 Å². The topological polar surface area (TPSA) is 15.8 Å². The smallest absolute Gasteiger partial charge is 0.0464 e. The van der Waals surface area contributed by atoms with Gasteiger partial charge in [-0.25, -0.2) is 0 Å². The Morgan fingerprint density at radius 2 is 0.971 bits per heavy atom. The van der Waals surface area contributed by atoms with E-state index >= 15 is 0 Å². The van der Waals surface area contributed by atoms with Crippen molar-refractivity contribution in [3.63, 3.8) is 0 Å². The third-order valence-corrected chi connectivity index (χ3v) is 7.69. The lowest BCUT2D eigenvalue weighted by Gasteiger charge is -2.08. The minimum Gasteiger partial charge on any atom is -0.355 e. The van der Waals surface area contributed by atoms with Gasteiger partial charge in [-0.1, -0.05) is 96.3 Å². The van der Waals surface area contributed by atoms with Crippen molar-refractivity contribution >= 4 is 45.3 Å². The molecular formula is C31H25NS2. The minimum atomic E-state index is 1.21. The average molecular weight is 476 g/mol. The summed E-state index contributed by atoms with van der Waals surface area (Å²) in [6.07, 6.45) is 0. The fraction of sp³-hybridized carbons (Fsp3) is 0.0323. The van der Waals surface area contributed by atoms with E-state index < -0.39 is 0 Å². The predicted octanol–water partition coefficient (Wildman–Crippen LogP) is 9.62. The lowest BCUT2D eigenvalue weighted by Crippen LogP contribution is -1.82. The van der Waals surface area contributed by atoms with Crippen LogP contribution in [0.4, 0.5) is 0 Å². The Labute approximate surface area is 209 Å². The van der Waals surface area contributed by atoms with Crippen LogP contribution < -0.4 is 0 Å². The summed E-state index contributed by atoms with van der Waals surface area (Å²) in [5, 5.41) is 2.61. The fourth-order valence-corrected chi connectivity index (χ4v) is 5.68. The van der Waals surface area contributed by atoms with Crippen LogP contribution >= 0.6 is 23.5 Å². The van der Waals surface area contributed by atoms with Gasteiger partial charge in [-0.15, -0.1) is 0 Å². The molecule has 1 N–H and O–H groups in total. The van der Waals surface area contributed by atoms with Gasteiger partial charge in [0.1, 0.15) is 0 Å². The first kappa shape index (κ1) is 22.4. The van der Waals surface area contributed by atoms with Crippen molar-refractivity contribution in [2.45, 2.75) is 26.5 Å². The van der Waals surface area contributed by atoms with E-state index in [1.54, 1.807) is 0 Å². The molecule has 0 saturated heterocycles. The Hall–Kier alpha value is -3.40. The molecule has 6 rings (SSSR count). The molecule has 3 heteroatoms. The summed E-state index contributed by atoms with van der Waals surface area (Å²) in [5.41, 5.74) is 3.75. The molecule has 0 aliphatic heterocycles. The van der Waals surface area contributed by atoms with Gasteiger partial charge in [-0.2, -0.15) is 0 Å². The summed E-state index contributed by atoms with van der Waals surface area (Å²) in [5.74, 6) is 0. The number of aromatic amines is 1. The van der Waals surface area contributed by atoms with Gasteiger partial charge in [0, 0.05) is 41.4 Å². The SMILES string of the molecule is Cc1cc(Sc2ccccc2)ccc1Sc1ccccc1.c1ccc2c(c1)[nH]c1ccccc12. The molecule has 1 aromatic heterocycles. The maximum absolute atomic E-state index is 3.38. The summed E-state index contributed by atoms with van der Waals surface area (Å²) >= 11 is 3.63. The number of aromatic nitrogens is 1. The monoisotopic (exact) mass is 475 g/mol. The van der Waals surface area contributed by atoms with E-state index in [9.17, 15) is 0 Å². The standard InChI is InChI=1S/C19H16S2.C12H9N/c1-15-14-18(20-16-8-4-2-5-9-16)12-13-19(15)21-17-10-6-3-7-11-17;1-3-7-11-9(5-1)10-6-2-4-8-12(10)13-11/h2-14H,1H3;1-8,13H. The second kappa shape index (κ2) is 10.7. The molecule has 166 valence electrons. The number of aryl methyl sites for hydroxylation is 1. The molecular weight excluding hydrogens is 450 g/mol. The van der Waals surface area contributed by atoms with Crippen molar-refractivity contribution in [3.8, 4) is 0 Å². The molecule has 1 heterocycles. The lowest BCUT2D eigenvalue weighted by atomic mass is 10.2. The zero-order valence-electron chi connectivity index (χ0n) is 18.9. The van der Waals surface area contributed by atoms with Gasteiger partial charge in [0.25, 0.3) is 0 Å². The molecule has 34 heavy (non-hydrogen) atoms. The number of hydrogen-bond donors (Lipinski definition) is 1. The minimum absolute atomic E-state index is 1.21. The fourth-order valence-electron chi connectivity index (χ4n) is 3.84. The van der Waals surface area contributed by atoms with Crippen LogP contribution in [0.15, 0.2) is 147 Å². The van der Waals surface area contributed by atoms with Crippen LogP contribution in [0.5, 0.6) is 0 Å². The van der Waals surface area contributed by atoms with Gasteiger partial charge >= 0.3 is 0 Å². The number of benzene rings is 5. The Morgan fingerprint density at radius 3 is 1.53 bits per heavy atom. The highest BCUT2D eigenvalue weighted by Crippen LogP contribution is 2.34. The third kappa shape index (κ3) is 5.39. The van der Waals surface area contributed by atoms with Crippen molar-refractivity contribution in [1.82, 2.24) is 4.98 Å². The first-order valence-electron chi connectivity index (χ1n) is 11.3. The quantitative estimate of drug-likeness (QED) is 0.273. The van der Waals surface area contributed by atoms with Crippen molar-refractivity contribution in [2.24, 2.45) is 0 Å². The number of para-hydroxylation sites is 2. The Morgan fingerprint density at radius 1 is 0.471 bits per heavy atom. The van der Waals surface area contributed by atoms with Crippen LogP contribution in [0.3, 0.4) is 0 Å². The Kier molecular flexibility index (Phi) is 7.04. The van der Waals surface area contributed by atoms with Crippen LogP contribution in [0.25, 0.3) is 21.8 Å². The van der Waals surface area contributed by atoms with Crippen molar-refractivity contribution < 1.29 is 0 Å². The van der Waals surface area contributed by atoms with E-state index in [4.69, 9.17) is 0 Å². The summed E-state index contributed by atoms with van der Waals surface area (Å²) < 4.78 is 0. The van der Waals surface area contributed by atoms with Crippen molar-refractivity contribution in [2.75, 3.05) is 0 Å². The van der Waals surface area contributed by atoms with Crippen LogP contribution in [0, 0.1) is 6.92 Å². The average Bonchev–Trinajstić information content (AvgIpc) is 3.26. The van der Waals surface area contributed by atoms with E-state index in [2.05, 4.69) is 139 Å². The molecule has 0 saturated carbocycles. The molecule has 0 fully saturated rings. The molecule has 6 aromatic rings. The molecule has 0 spiro atoms. The summed E-state index contributed by atoms with van der Waals surface area (Å²) in [7, 11) is 0. The first-order chi connectivity index (χ1) is 16.8. The molecule has 0 atom stereocenters. The highest BCUT2D eigenvalue weighted by molar-refractivity contribution is 7.99. The molecule has 0 bridgehead atoms. The second-order valence-electron chi connectivity index (χ2n) is 7.97. The number of nitrogens with one attached hydrogen (secondary N) is 1. The van der Waals surface area contributed by atoms with Crippen LogP contribution in [-0.2, 0) is 0 Å². The number of rotatable bonds is 4. The van der Waals surface area contributed by atoms with E-state index in [0.717, 1.165) is 0 Å². The number of H-pyrrole nitrogens is 1. The van der Waals surface area contributed by atoms with E-state index in [1.807, 2.05) is 23.5 Å². The Bertz CT molecular complexity index is 1450. The van der Waals surface area contributed by atoms with Gasteiger partial charge in [0.05, 0.1) is 0 Å². The predicted molar refractivity (Wildman–Crippen MR) is 148 cm³/mol. The normalized spacial score (nSPS) is 10.7. The Balaban J connectivity index is 0.000000157. The van der Waals surface area contributed by atoms with Gasteiger partial charge in [-0.05, 0) is 67.1 Å². The highest BCUT2D eigenvalue weighted by Gasteiger charge is 2.04. The number of fused-ring (bicyclic) bond motifs is 3. The summed E-state index contributed by atoms with van der Waals surface area (Å²) in [6, 6.07) is 44.5. The third-order valence-electron chi connectivity index (χ3n) is 5.51. The van der Waals surface area contributed by atoms with E-state index in [1.165, 1.54) is 47.0 Å². The zero-order chi connectivity index (χ0) is 23.2. The van der Waals surface area contributed by atoms with E-state index in [-0.39, 0.29) is 0 Å². The molecule has 0 radical (unpaired) electrons. The zero-order valence-corrected chi connectivity index (χ0v) is 20.6. The maximum atomic E-state index is 3.38. The molecule has 0 unspecified atom stereocenters. The van der Waals surface area contributed by atoms with Crippen molar-refractivity contribution in [1.29, 1.82) is 0 Å². The van der Waals surface area contributed by atoms with Gasteiger partial charge in [0.15, 0.2) is 0 Å². The van der Waals surface area contributed by atoms with Crippen LogP contribution in [-0.4, -0.2) is 4.98 Å². The van der Waals surface area contributed by atoms with Crippen molar-refractivity contribution in [3.05, 3.63) is 133 Å². The molecule has 1 nitrogen and oxygen atoms in total. The molecule has 5 aromatic carbocycles. The molecule has 0 aliphatic rings. The lowest BCUT2D eigenvalue weighted by molar-refractivity contribution is 1.23. The largest absolute Gasteiger partial charge is 0.355 e. The number of hydrogen-bond acceptors (Lipinski definition) is 2. The molecule has 0 amide bonds. The first-order valence-corrected chi connectivity index (χ1v) is 12.9. The maximum Gasteiger partial charge on any atom is 0.0464 e. The van der Waals surface area contributed by atoms with Gasteiger partial charge in [0.2, 0.25) is 0 Å². The van der Waals surface area contributed by atoms with Gasteiger partial charge < -0.3 is 4.98 Å². The van der Waals surface area contributed by atoms with Gasteiger partial charge in [-0.3, -0.25) is 0 Å². The van der Waals surface area contributed by atoms with Crippen LogP contribution in [0.1, 0.15) is 5.56 Å². The molecule has 0 aliphatic carbocycles. The summed E-state index contributed by atoms with van der Waals surface area (Å²) in [6.45, 7) is 2.18. The second-order valence-corrected chi connectivity index (χ2v) is 10.2. The van der Waals surface area contributed by atoms with E-state index in [0.29, 0.717) is 0 Å².